The lowest BCUT2D eigenvalue weighted by atomic mass is 10.1. The van der Waals surface area contributed by atoms with Crippen molar-refractivity contribution in [2.45, 2.75) is 32.7 Å². The van der Waals surface area contributed by atoms with Crippen LogP contribution in [0.2, 0.25) is 0 Å². The minimum atomic E-state index is -0.259. The summed E-state index contributed by atoms with van der Waals surface area (Å²) in [5.74, 6) is -0.512. The smallest absolute Gasteiger partial charge is 0.319 e. The van der Waals surface area contributed by atoms with E-state index >= 15 is 0 Å². The summed E-state index contributed by atoms with van der Waals surface area (Å²) in [6.45, 7) is 4.61. The molecule has 0 unspecified atom stereocenters. The Morgan fingerprint density at radius 1 is 1.39 bits per heavy atom. The van der Waals surface area contributed by atoms with E-state index in [1.54, 1.807) is 12.1 Å². The first-order valence-electron chi connectivity index (χ1n) is 6.28. The number of hydrogen-bond acceptors (Lipinski definition) is 3. The zero-order chi connectivity index (χ0) is 13.4. The predicted octanol–water partition coefficient (Wildman–Crippen LogP) is 2.82. The molecule has 0 heterocycles. The minimum absolute atomic E-state index is 0.00988. The van der Waals surface area contributed by atoms with Crippen molar-refractivity contribution < 1.29 is 13.9 Å². The fourth-order valence-corrected chi connectivity index (χ4v) is 1.49. The van der Waals surface area contributed by atoms with E-state index in [0.29, 0.717) is 6.61 Å². The van der Waals surface area contributed by atoms with Crippen LogP contribution in [0, 0.1) is 5.82 Å². The highest BCUT2D eigenvalue weighted by Gasteiger charge is 2.08. The topological polar surface area (TPSA) is 38.3 Å². The molecule has 0 amide bonds. The third-order valence-electron chi connectivity index (χ3n) is 2.68. The van der Waals surface area contributed by atoms with Crippen molar-refractivity contribution >= 4 is 5.97 Å². The number of ether oxygens (including phenoxy) is 1. The molecule has 100 valence electrons. The number of carbonyl (C=O) groups is 1. The second kappa shape index (κ2) is 7.82. The summed E-state index contributed by atoms with van der Waals surface area (Å²) < 4.78 is 17.8. The first-order chi connectivity index (χ1) is 8.63. The Morgan fingerprint density at radius 3 is 2.67 bits per heavy atom. The predicted molar refractivity (Wildman–Crippen MR) is 68.7 cm³/mol. The first kappa shape index (κ1) is 14.6. The SMILES string of the molecule is CCCCOC(=O)CN[C@@H](C)c1ccc(F)cc1. The maximum atomic E-state index is 12.7. The van der Waals surface area contributed by atoms with Gasteiger partial charge in [-0.05, 0) is 31.0 Å². The fourth-order valence-electron chi connectivity index (χ4n) is 1.49. The van der Waals surface area contributed by atoms with Gasteiger partial charge in [0, 0.05) is 6.04 Å². The number of nitrogens with one attached hydrogen (secondary N) is 1. The van der Waals surface area contributed by atoms with Gasteiger partial charge in [-0.2, -0.15) is 0 Å². The maximum Gasteiger partial charge on any atom is 0.319 e. The van der Waals surface area contributed by atoms with Crippen LogP contribution in [0.15, 0.2) is 24.3 Å². The van der Waals surface area contributed by atoms with Gasteiger partial charge in [-0.3, -0.25) is 4.79 Å². The molecule has 0 aliphatic carbocycles. The number of hydrogen-bond donors (Lipinski definition) is 1. The zero-order valence-electron chi connectivity index (χ0n) is 10.9. The van der Waals surface area contributed by atoms with E-state index in [1.807, 2.05) is 13.8 Å². The molecular weight excluding hydrogens is 233 g/mol. The quantitative estimate of drug-likeness (QED) is 0.600. The second-order valence-electron chi connectivity index (χ2n) is 4.23. The Kier molecular flexibility index (Phi) is 6.36. The van der Waals surface area contributed by atoms with Crippen LogP contribution in [0.1, 0.15) is 38.3 Å². The normalized spacial score (nSPS) is 12.2. The average Bonchev–Trinajstić information content (AvgIpc) is 2.37. The van der Waals surface area contributed by atoms with Crippen molar-refractivity contribution in [3.63, 3.8) is 0 Å². The molecule has 1 aromatic carbocycles. The van der Waals surface area contributed by atoms with E-state index in [2.05, 4.69) is 5.32 Å². The second-order valence-corrected chi connectivity index (χ2v) is 4.23. The summed E-state index contributed by atoms with van der Waals surface area (Å²) in [7, 11) is 0. The highest BCUT2D eigenvalue weighted by molar-refractivity contribution is 5.71. The lowest BCUT2D eigenvalue weighted by Crippen LogP contribution is -2.27. The molecule has 18 heavy (non-hydrogen) atoms. The molecule has 3 nitrogen and oxygen atoms in total. The van der Waals surface area contributed by atoms with Gasteiger partial charge < -0.3 is 10.1 Å². The molecule has 1 rings (SSSR count). The number of rotatable bonds is 7. The van der Waals surface area contributed by atoms with E-state index in [4.69, 9.17) is 4.74 Å². The van der Waals surface area contributed by atoms with Crippen molar-refractivity contribution in [1.82, 2.24) is 5.32 Å². The van der Waals surface area contributed by atoms with E-state index < -0.39 is 0 Å². The summed E-state index contributed by atoms with van der Waals surface area (Å²) >= 11 is 0. The van der Waals surface area contributed by atoms with Crippen LogP contribution in [0.25, 0.3) is 0 Å². The fraction of sp³-hybridized carbons (Fsp3) is 0.500. The standard InChI is InChI=1S/C14H20FNO2/c1-3-4-9-18-14(17)10-16-11(2)12-5-7-13(15)8-6-12/h5-8,11,16H,3-4,9-10H2,1-2H3/t11-/m0/s1. The van der Waals surface area contributed by atoms with Gasteiger partial charge in [0.15, 0.2) is 0 Å². The Labute approximate surface area is 107 Å². The van der Waals surface area contributed by atoms with E-state index in [9.17, 15) is 9.18 Å². The summed E-state index contributed by atoms with van der Waals surface area (Å²) in [6, 6.07) is 6.22. The van der Waals surface area contributed by atoms with Gasteiger partial charge in [0.25, 0.3) is 0 Å². The Morgan fingerprint density at radius 2 is 2.06 bits per heavy atom. The Bertz CT molecular complexity index is 365. The summed E-state index contributed by atoms with van der Waals surface area (Å²) in [6.07, 6.45) is 1.89. The van der Waals surface area contributed by atoms with E-state index in [1.165, 1.54) is 12.1 Å². The number of benzene rings is 1. The van der Waals surface area contributed by atoms with Gasteiger partial charge in [-0.15, -0.1) is 0 Å². The van der Waals surface area contributed by atoms with Crippen LogP contribution >= 0.6 is 0 Å². The van der Waals surface area contributed by atoms with Crippen molar-refractivity contribution in [3.05, 3.63) is 35.6 Å². The Balaban J connectivity index is 2.30. The van der Waals surface area contributed by atoms with Crippen molar-refractivity contribution in [2.75, 3.05) is 13.2 Å². The molecule has 0 radical (unpaired) electrons. The molecule has 0 spiro atoms. The zero-order valence-corrected chi connectivity index (χ0v) is 10.9. The molecule has 0 saturated heterocycles. The first-order valence-corrected chi connectivity index (χ1v) is 6.28. The molecule has 0 saturated carbocycles. The number of unbranched alkanes of at least 4 members (excludes halogenated alkanes) is 1. The van der Waals surface area contributed by atoms with Crippen molar-refractivity contribution in [3.8, 4) is 0 Å². The molecule has 1 aromatic rings. The van der Waals surface area contributed by atoms with Gasteiger partial charge in [0.05, 0.1) is 13.2 Å². The third kappa shape index (κ3) is 5.27. The number of esters is 1. The van der Waals surface area contributed by atoms with Crippen LogP contribution < -0.4 is 5.32 Å². The van der Waals surface area contributed by atoms with Crippen LogP contribution in [0.4, 0.5) is 4.39 Å². The number of carbonyl (C=O) groups excluding carboxylic acids is 1. The lowest BCUT2D eigenvalue weighted by Gasteiger charge is -2.13. The van der Waals surface area contributed by atoms with Gasteiger partial charge in [0.2, 0.25) is 0 Å². The molecule has 0 aliphatic rings. The molecule has 0 bridgehead atoms. The molecule has 0 aliphatic heterocycles. The highest BCUT2D eigenvalue weighted by atomic mass is 19.1. The van der Waals surface area contributed by atoms with Gasteiger partial charge >= 0.3 is 5.97 Å². The van der Waals surface area contributed by atoms with Crippen LogP contribution in [-0.4, -0.2) is 19.1 Å². The molecule has 1 atom stereocenters. The summed E-state index contributed by atoms with van der Waals surface area (Å²) in [5, 5.41) is 3.05. The Hall–Kier alpha value is -1.42. The largest absolute Gasteiger partial charge is 0.465 e. The molecular formula is C14H20FNO2. The summed E-state index contributed by atoms with van der Waals surface area (Å²) in [5.41, 5.74) is 0.942. The minimum Gasteiger partial charge on any atom is -0.465 e. The van der Waals surface area contributed by atoms with Crippen LogP contribution in [0.3, 0.4) is 0 Å². The van der Waals surface area contributed by atoms with Crippen LogP contribution in [-0.2, 0) is 9.53 Å². The van der Waals surface area contributed by atoms with E-state index in [0.717, 1.165) is 18.4 Å². The maximum absolute atomic E-state index is 12.7. The van der Waals surface area contributed by atoms with Gasteiger partial charge in [-0.1, -0.05) is 25.5 Å². The summed E-state index contributed by atoms with van der Waals surface area (Å²) in [4.78, 5) is 11.4. The average molecular weight is 253 g/mol. The number of halogens is 1. The van der Waals surface area contributed by atoms with Crippen molar-refractivity contribution in [2.24, 2.45) is 0 Å². The lowest BCUT2D eigenvalue weighted by molar-refractivity contribution is -0.142. The third-order valence-corrected chi connectivity index (χ3v) is 2.68. The van der Waals surface area contributed by atoms with Gasteiger partial charge in [-0.25, -0.2) is 4.39 Å². The van der Waals surface area contributed by atoms with Crippen molar-refractivity contribution in [1.29, 1.82) is 0 Å². The molecule has 0 fully saturated rings. The highest BCUT2D eigenvalue weighted by Crippen LogP contribution is 2.12. The van der Waals surface area contributed by atoms with Crippen LogP contribution in [0.5, 0.6) is 0 Å². The molecule has 1 N–H and O–H groups in total. The monoisotopic (exact) mass is 253 g/mol. The van der Waals surface area contributed by atoms with E-state index in [-0.39, 0.29) is 24.4 Å². The van der Waals surface area contributed by atoms with Gasteiger partial charge in [0.1, 0.15) is 5.82 Å². The molecule has 4 heteroatoms. The molecule has 0 aromatic heterocycles.